The lowest BCUT2D eigenvalue weighted by molar-refractivity contribution is -0.117. The molecule has 1 amide bonds. The minimum Gasteiger partial charge on any atom is -0.481 e. The zero-order valence-corrected chi connectivity index (χ0v) is 11.4. The van der Waals surface area contributed by atoms with E-state index in [-0.39, 0.29) is 11.9 Å². The molecule has 2 rings (SSSR count). The van der Waals surface area contributed by atoms with Crippen LogP contribution in [0.4, 0.5) is 5.95 Å². The number of hydrogen-bond donors (Lipinski definition) is 2. The second-order valence-electron chi connectivity index (χ2n) is 3.86. The van der Waals surface area contributed by atoms with E-state index in [1.165, 1.54) is 18.4 Å². The number of nitrogens with zero attached hydrogens (tertiary/aromatic N) is 2. The number of carbonyl (C=O) groups excluding carboxylic acids is 1. The Labute approximate surface area is 114 Å². The van der Waals surface area contributed by atoms with Crippen molar-refractivity contribution in [2.24, 2.45) is 5.73 Å². The molecule has 0 fully saturated rings. The van der Waals surface area contributed by atoms with Gasteiger partial charge in [-0.25, -0.2) is 4.98 Å². The van der Waals surface area contributed by atoms with Crippen molar-refractivity contribution in [1.29, 1.82) is 0 Å². The SMILES string of the molecule is COc1cc(C)nc(NC(=O)C(N)c2cccs2)n1. The first kappa shape index (κ1) is 13.4. The Hall–Kier alpha value is -1.99. The number of anilines is 1. The van der Waals surface area contributed by atoms with E-state index in [1.807, 2.05) is 17.5 Å². The van der Waals surface area contributed by atoms with E-state index in [9.17, 15) is 4.79 Å². The highest BCUT2D eigenvalue weighted by Crippen LogP contribution is 2.18. The molecule has 2 aromatic heterocycles. The maximum absolute atomic E-state index is 12.0. The highest BCUT2D eigenvalue weighted by atomic mass is 32.1. The molecule has 0 bridgehead atoms. The molecule has 0 spiro atoms. The molecule has 19 heavy (non-hydrogen) atoms. The lowest BCUT2D eigenvalue weighted by Crippen LogP contribution is -2.27. The molecule has 0 saturated heterocycles. The molecule has 7 heteroatoms. The molecule has 1 unspecified atom stereocenters. The lowest BCUT2D eigenvalue weighted by atomic mass is 10.2. The largest absolute Gasteiger partial charge is 0.481 e. The van der Waals surface area contributed by atoms with Gasteiger partial charge in [0, 0.05) is 16.6 Å². The zero-order valence-electron chi connectivity index (χ0n) is 10.6. The van der Waals surface area contributed by atoms with Gasteiger partial charge in [0.25, 0.3) is 0 Å². The van der Waals surface area contributed by atoms with Crippen molar-refractivity contribution >= 4 is 23.2 Å². The monoisotopic (exact) mass is 278 g/mol. The minimum atomic E-state index is -0.727. The van der Waals surface area contributed by atoms with Crippen LogP contribution in [0.1, 0.15) is 16.6 Å². The molecule has 0 aromatic carbocycles. The van der Waals surface area contributed by atoms with Crippen LogP contribution in [0.5, 0.6) is 5.88 Å². The van der Waals surface area contributed by atoms with Crippen LogP contribution in [0.3, 0.4) is 0 Å². The van der Waals surface area contributed by atoms with Gasteiger partial charge in [-0.05, 0) is 18.4 Å². The van der Waals surface area contributed by atoms with Crippen molar-refractivity contribution in [2.45, 2.75) is 13.0 Å². The van der Waals surface area contributed by atoms with Crippen molar-refractivity contribution < 1.29 is 9.53 Å². The Bertz CT molecular complexity index is 571. The number of aryl methyl sites for hydroxylation is 1. The van der Waals surface area contributed by atoms with E-state index in [2.05, 4.69) is 15.3 Å². The van der Waals surface area contributed by atoms with Gasteiger partial charge in [0.1, 0.15) is 6.04 Å². The molecule has 0 aliphatic rings. The standard InChI is InChI=1S/C12H14N4O2S/c1-7-6-9(18-2)15-12(14-7)16-11(17)10(13)8-4-3-5-19-8/h3-6,10H,13H2,1-2H3,(H,14,15,16,17). The van der Waals surface area contributed by atoms with Gasteiger partial charge in [-0.15, -0.1) is 11.3 Å². The number of thiophene rings is 1. The molecule has 0 saturated carbocycles. The molecule has 100 valence electrons. The third-order valence-corrected chi connectivity index (χ3v) is 3.36. The summed E-state index contributed by atoms with van der Waals surface area (Å²) >= 11 is 1.43. The third-order valence-electron chi connectivity index (χ3n) is 2.41. The van der Waals surface area contributed by atoms with Crippen molar-refractivity contribution in [3.05, 3.63) is 34.2 Å². The number of methoxy groups -OCH3 is 1. The van der Waals surface area contributed by atoms with Crippen LogP contribution >= 0.6 is 11.3 Å². The predicted molar refractivity (Wildman–Crippen MR) is 73.2 cm³/mol. The highest BCUT2D eigenvalue weighted by molar-refractivity contribution is 7.10. The molecule has 2 heterocycles. The summed E-state index contributed by atoms with van der Waals surface area (Å²) in [6.45, 7) is 1.79. The summed E-state index contributed by atoms with van der Waals surface area (Å²) in [7, 11) is 1.50. The van der Waals surface area contributed by atoms with Gasteiger partial charge in [-0.3, -0.25) is 10.1 Å². The van der Waals surface area contributed by atoms with Crippen LogP contribution in [0, 0.1) is 6.92 Å². The van der Waals surface area contributed by atoms with Crippen molar-refractivity contribution in [2.75, 3.05) is 12.4 Å². The van der Waals surface area contributed by atoms with E-state index >= 15 is 0 Å². The molecule has 2 aromatic rings. The number of aromatic nitrogens is 2. The van der Waals surface area contributed by atoms with E-state index in [0.29, 0.717) is 11.6 Å². The van der Waals surface area contributed by atoms with E-state index in [0.717, 1.165) is 4.88 Å². The van der Waals surface area contributed by atoms with Gasteiger partial charge in [0.15, 0.2) is 0 Å². The number of ether oxygens (including phenoxy) is 1. The fourth-order valence-corrected chi connectivity index (χ4v) is 2.21. The fraction of sp³-hybridized carbons (Fsp3) is 0.250. The first-order valence-corrected chi connectivity index (χ1v) is 6.47. The number of nitrogens with one attached hydrogen (secondary N) is 1. The van der Waals surface area contributed by atoms with Crippen LogP contribution in [0.25, 0.3) is 0 Å². The fourth-order valence-electron chi connectivity index (χ4n) is 1.49. The topological polar surface area (TPSA) is 90.1 Å². The average molecular weight is 278 g/mol. The molecule has 6 nitrogen and oxygen atoms in total. The van der Waals surface area contributed by atoms with Gasteiger partial charge >= 0.3 is 0 Å². The minimum absolute atomic E-state index is 0.189. The number of carbonyl (C=O) groups is 1. The first-order valence-electron chi connectivity index (χ1n) is 5.59. The van der Waals surface area contributed by atoms with Crippen LogP contribution < -0.4 is 15.8 Å². The molecule has 3 N–H and O–H groups in total. The summed E-state index contributed by atoms with van der Waals surface area (Å²) in [4.78, 5) is 20.9. The summed E-state index contributed by atoms with van der Waals surface area (Å²) in [6, 6.07) is 4.61. The molecule has 0 aliphatic heterocycles. The van der Waals surface area contributed by atoms with E-state index in [1.54, 1.807) is 13.0 Å². The molecule has 1 atom stereocenters. The first-order chi connectivity index (χ1) is 9.10. The average Bonchev–Trinajstić information content (AvgIpc) is 2.90. The molecule has 0 aliphatic carbocycles. The smallest absolute Gasteiger partial charge is 0.249 e. The summed E-state index contributed by atoms with van der Waals surface area (Å²) < 4.78 is 5.02. The van der Waals surface area contributed by atoms with Gasteiger partial charge < -0.3 is 10.5 Å². The van der Waals surface area contributed by atoms with E-state index in [4.69, 9.17) is 10.5 Å². The Kier molecular flexibility index (Phi) is 4.08. The Balaban J connectivity index is 2.12. The maximum Gasteiger partial charge on any atom is 0.249 e. The Morgan fingerprint density at radius 3 is 2.95 bits per heavy atom. The number of amides is 1. The molecular formula is C12H14N4O2S. The van der Waals surface area contributed by atoms with Gasteiger partial charge in [-0.1, -0.05) is 6.07 Å². The Morgan fingerprint density at radius 2 is 2.32 bits per heavy atom. The summed E-state index contributed by atoms with van der Waals surface area (Å²) in [5.74, 6) is 0.233. The second kappa shape index (κ2) is 5.77. The molecule has 0 radical (unpaired) electrons. The number of hydrogen-bond acceptors (Lipinski definition) is 6. The predicted octanol–water partition coefficient (Wildman–Crippen LogP) is 1.49. The van der Waals surface area contributed by atoms with Crippen LogP contribution in [-0.2, 0) is 4.79 Å². The Morgan fingerprint density at radius 1 is 1.53 bits per heavy atom. The van der Waals surface area contributed by atoms with Crippen molar-refractivity contribution in [3.8, 4) is 5.88 Å². The summed E-state index contributed by atoms with van der Waals surface area (Å²) in [5, 5.41) is 4.46. The quantitative estimate of drug-likeness (QED) is 0.884. The van der Waals surface area contributed by atoms with Gasteiger partial charge in [0.2, 0.25) is 17.7 Å². The third kappa shape index (κ3) is 3.27. The van der Waals surface area contributed by atoms with Crippen molar-refractivity contribution in [3.63, 3.8) is 0 Å². The number of rotatable bonds is 4. The summed E-state index contributed by atoms with van der Waals surface area (Å²) in [6.07, 6.45) is 0. The van der Waals surface area contributed by atoms with Gasteiger partial charge in [0.05, 0.1) is 7.11 Å². The van der Waals surface area contributed by atoms with Crippen LogP contribution in [0.2, 0.25) is 0 Å². The van der Waals surface area contributed by atoms with Crippen molar-refractivity contribution in [1.82, 2.24) is 9.97 Å². The maximum atomic E-state index is 12.0. The normalized spacial score (nSPS) is 11.9. The summed E-state index contributed by atoms with van der Waals surface area (Å²) in [5.41, 5.74) is 6.55. The highest BCUT2D eigenvalue weighted by Gasteiger charge is 2.18. The number of nitrogens with two attached hydrogens (primary N) is 1. The zero-order chi connectivity index (χ0) is 13.8. The lowest BCUT2D eigenvalue weighted by Gasteiger charge is -2.10. The second-order valence-corrected chi connectivity index (χ2v) is 4.84. The molecular weight excluding hydrogens is 264 g/mol. The van der Waals surface area contributed by atoms with Crippen LogP contribution in [-0.4, -0.2) is 23.0 Å². The van der Waals surface area contributed by atoms with Gasteiger partial charge in [-0.2, -0.15) is 4.98 Å². The van der Waals surface area contributed by atoms with Crippen LogP contribution in [0.15, 0.2) is 23.6 Å². The van der Waals surface area contributed by atoms with E-state index < -0.39 is 6.04 Å².